The van der Waals surface area contributed by atoms with E-state index < -0.39 is 0 Å². The normalized spacial score (nSPS) is 17.5. The molecule has 2 aromatic heterocycles. The minimum atomic E-state index is -0.0223. The molecule has 1 unspecified atom stereocenters. The molecule has 1 atom stereocenters. The number of carbonyl (C=O) groups excluding carboxylic acids is 1. The van der Waals surface area contributed by atoms with Crippen LogP contribution in [0.5, 0.6) is 5.75 Å². The lowest BCUT2D eigenvalue weighted by Crippen LogP contribution is -2.39. The molecule has 0 bridgehead atoms. The summed E-state index contributed by atoms with van der Waals surface area (Å²) < 4.78 is 7.27. The average molecular weight is 350 g/mol. The number of ether oxygens (including phenoxy) is 1. The average Bonchev–Trinajstić information content (AvgIpc) is 3.07. The van der Waals surface area contributed by atoms with Gasteiger partial charge in [-0.15, -0.1) is 0 Å². The summed E-state index contributed by atoms with van der Waals surface area (Å²) in [6.45, 7) is 2.68. The Bertz CT molecular complexity index is 950. The molecular weight excluding hydrogens is 328 g/mol. The largest absolute Gasteiger partial charge is 0.496 e. The van der Waals surface area contributed by atoms with E-state index in [-0.39, 0.29) is 11.9 Å². The number of amides is 1. The molecule has 1 aliphatic rings. The Hall–Kier alpha value is -2.89. The van der Waals surface area contributed by atoms with E-state index in [0.717, 1.165) is 42.8 Å². The van der Waals surface area contributed by atoms with Crippen LogP contribution in [0.15, 0.2) is 42.6 Å². The van der Waals surface area contributed by atoms with Gasteiger partial charge in [0.05, 0.1) is 30.1 Å². The number of aryl methyl sites for hydroxylation is 1. The molecule has 0 radical (unpaired) electrons. The number of rotatable bonds is 3. The Morgan fingerprint density at radius 3 is 2.92 bits per heavy atom. The smallest absolute Gasteiger partial charge is 0.258 e. The number of hydrogen-bond acceptors (Lipinski definition) is 4. The Morgan fingerprint density at radius 2 is 2.08 bits per heavy atom. The molecular formula is C20H22N4O2. The molecule has 1 fully saturated rings. The fourth-order valence-corrected chi connectivity index (χ4v) is 3.74. The van der Waals surface area contributed by atoms with Gasteiger partial charge < -0.3 is 9.64 Å². The van der Waals surface area contributed by atoms with Gasteiger partial charge in [0.25, 0.3) is 5.91 Å². The molecule has 3 heterocycles. The van der Waals surface area contributed by atoms with Gasteiger partial charge in [0.15, 0.2) is 5.65 Å². The Labute approximate surface area is 152 Å². The van der Waals surface area contributed by atoms with Crippen LogP contribution in [0.3, 0.4) is 0 Å². The molecule has 1 amide bonds. The molecule has 3 aromatic rings. The monoisotopic (exact) mass is 350 g/mol. The zero-order chi connectivity index (χ0) is 18.1. The third-order valence-corrected chi connectivity index (χ3v) is 4.95. The highest BCUT2D eigenvalue weighted by molar-refractivity contribution is 5.97. The maximum absolute atomic E-state index is 13.3. The lowest BCUT2D eigenvalue weighted by molar-refractivity contribution is 0.0600. The van der Waals surface area contributed by atoms with E-state index in [1.165, 1.54) is 0 Å². The van der Waals surface area contributed by atoms with Crippen LogP contribution in [0, 0.1) is 6.92 Å². The predicted octanol–water partition coefficient (Wildman–Crippen LogP) is 3.41. The zero-order valence-electron chi connectivity index (χ0n) is 15.1. The SMILES string of the molecule is COc1ccccc1C(=O)N1CCCCC1c1ccnc2cc(C)nn12. The predicted molar refractivity (Wildman–Crippen MR) is 98.3 cm³/mol. The minimum absolute atomic E-state index is 0.000917. The summed E-state index contributed by atoms with van der Waals surface area (Å²) >= 11 is 0. The van der Waals surface area contributed by atoms with Crippen molar-refractivity contribution in [1.29, 1.82) is 0 Å². The van der Waals surface area contributed by atoms with Gasteiger partial charge in [-0.3, -0.25) is 4.79 Å². The molecule has 6 nitrogen and oxygen atoms in total. The number of para-hydroxylation sites is 1. The van der Waals surface area contributed by atoms with Crippen molar-refractivity contribution in [2.45, 2.75) is 32.2 Å². The van der Waals surface area contributed by atoms with Gasteiger partial charge in [0, 0.05) is 18.8 Å². The number of methoxy groups -OCH3 is 1. The van der Waals surface area contributed by atoms with Crippen molar-refractivity contribution in [3.63, 3.8) is 0 Å². The van der Waals surface area contributed by atoms with E-state index in [4.69, 9.17) is 4.74 Å². The molecule has 6 heteroatoms. The second kappa shape index (κ2) is 6.78. The first kappa shape index (κ1) is 16.6. The molecule has 1 aliphatic heterocycles. The van der Waals surface area contributed by atoms with Crippen molar-refractivity contribution < 1.29 is 9.53 Å². The molecule has 4 rings (SSSR count). The summed E-state index contributed by atoms with van der Waals surface area (Å²) in [7, 11) is 1.60. The van der Waals surface area contributed by atoms with E-state index in [0.29, 0.717) is 11.3 Å². The van der Waals surface area contributed by atoms with Crippen LogP contribution < -0.4 is 4.74 Å². The maximum atomic E-state index is 13.3. The van der Waals surface area contributed by atoms with Crippen LogP contribution >= 0.6 is 0 Å². The Balaban J connectivity index is 1.76. The lowest BCUT2D eigenvalue weighted by Gasteiger charge is -2.36. The van der Waals surface area contributed by atoms with Crippen LogP contribution in [0.1, 0.15) is 47.1 Å². The van der Waals surface area contributed by atoms with Gasteiger partial charge in [-0.05, 0) is 44.4 Å². The third-order valence-electron chi connectivity index (χ3n) is 4.95. The molecule has 134 valence electrons. The highest BCUT2D eigenvalue weighted by atomic mass is 16.5. The van der Waals surface area contributed by atoms with Crippen molar-refractivity contribution >= 4 is 11.6 Å². The van der Waals surface area contributed by atoms with Crippen molar-refractivity contribution in [2.75, 3.05) is 13.7 Å². The van der Waals surface area contributed by atoms with E-state index >= 15 is 0 Å². The zero-order valence-corrected chi connectivity index (χ0v) is 15.1. The lowest BCUT2D eigenvalue weighted by atomic mass is 9.97. The van der Waals surface area contributed by atoms with Crippen LogP contribution in [-0.2, 0) is 0 Å². The molecule has 26 heavy (non-hydrogen) atoms. The van der Waals surface area contributed by atoms with E-state index in [1.54, 1.807) is 13.3 Å². The standard InChI is InChI=1S/C20H22N4O2/c1-14-13-19-21-11-10-17(24(19)22-14)16-8-5-6-12-23(16)20(25)15-7-3-4-9-18(15)26-2/h3-4,7,9-11,13,16H,5-6,8,12H2,1-2H3. The van der Waals surface area contributed by atoms with E-state index in [2.05, 4.69) is 10.1 Å². The van der Waals surface area contributed by atoms with E-state index in [1.807, 2.05) is 52.7 Å². The van der Waals surface area contributed by atoms with Gasteiger partial charge in [0.2, 0.25) is 0 Å². The Morgan fingerprint density at radius 1 is 1.23 bits per heavy atom. The van der Waals surface area contributed by atoms with Crippen molar-refractivity contribution in [2.24, 2.45) is 0 Å². The minimum Gasteiger partial charge on any atom is -0.496 e. The van der Waals surface area contributed by atoms with Crippen molar-refractivity contribution in [3.05, 3.63) is 59.5 Å². The molecule has 0 saturated carbocycles. The number of fused-ring (bicyclic) bond motifs is 1. The summed E-state index contributed by atoms with van der Waals surface area (Å²) in [6, 6.07) is 11.3. The fraction of sp³-hybridized carbons (Fsp3) is 0.350. The maximum Gasteiger partial charge on any atom is 0.258 e. The number of nitrogens with zero attached hydrogens (tertiary/aromatic N) is 4. The summed E-state index contributed by atoms with van der Waals surface area (Å²) in [5.74, 6) is 0.609. The van der Waals surface area contributed by atoms with Gasteiger partial charge in [-0.1, -0.05) is 12.1 Å². The van der Waals surface area contributed by atoms with Gasteiger partial charge >= 0.3 is 0 Å². The third kappa shape index (κ3) is 2.81. The topological polar surface area (TPSA) is 59.7 Å². The van der Waals surface area contributed by atoms with E-state index in [9.17, 15) is 4.79 Å². The number of likely N-dealkylation sites (tertiary alicyclic amines) is 1. The molecule has 1 aromatic carbocycles. The number of hydrogen-bond donors (Lipinski definition) is 0. The van der Waals surface area contributed by atoms with Crippen molar-refractivity contribution in [1.82, 2.24) is 19.5 Å². The second-order valence-corrected chi connectivity index (χ2v) is 6.64. The van der Waals surface area contributed by atoms with Crippen LogP contribution in [-0.4, -0.2) is 39.1 Å². The number of aromatic nitrogens is 3. The summed E-state index contributed by atoms with van der Waals surface area (Å²) in [5.41, 5.74) is 3.34. The molecule has 0 aliphatic carbocycles. The molecule has 0 N–H and O–H groups in total. The van der Waals surface area contributed by atoms with Gasteiger partial charge in [-0.25, -0.2) is 9.50 Å². The fourth-order valence-electron chi connectivity index (χ4n) is 3.74. The first-order valence-electron chi connectivity index (χ1n) is 8.94. The number of benzene rings is 1. The highest BCUT2D eigenvalue weighted by Gasteiger charge is 2.31. The summed E-state index contributed by atoms with van der Waals surface area (Å²) in [4.78, 5) is 19.6. The summed E-state index contributed by atoms with van der Waals surface area (Å²) in [5, 5.41) is 4.58. The first-order chi connectivity index (χ1) is 12.7. The number of piperidine rings is 1. The second-order valence-electron chi connectivity index (χ2n) is 6.64. The first-order valence-corrected chi connectivity index (χ1v) is 8.94. The van der Waals surface area contributed by atoms with Crippen LogP contribution in [0.4, 0.5) is 0 Å². The highest BCUT2D eigenvalue weighted by Crippen LogP contribution is 2.33. The van der Waals surface area contributed by atoms with Crippen LogP contribution in [0.2, 0.25) is 0 Å². The Kier molecular flexibility index (Phi) is 4.32. The van der Waals surface area contributed by atoms with Crippen LogP contribution in [0.25, 0.3) is 5.65 Å². The summed E-state index contributed by atoms with van der Waals surface area (Å²) in [6.07, 6.45) is 4.80. The quantitative estimate of drug-likeness (QED) is 0.726. The molecule has 1 saturated heterocycles. The van der Waals surface area contributed by atoms with Crippen molar-refractivity contribution in [3.8, 4) is 5.75 Å². The number of carbonyl (C=O) groups is 1. The molecule has 0 spiro atoms. The van der Waals surface area contributed by atoms with Gasteiger partial charge in [-0.2, -0.15) is 5.10 Å². The van der Waals surface area contributed by atoms with Gasteiger partial charge in [0.1, 0.15) is 5.75 Å².